The van der Waals surface area contributed by atoms with Crippen LogP contribution in [-0.4, -0.2) is 25.7 Å². The molecule has 6 nitrogen and oxygen atoms in total. The van der Waals surface area contributed by atoms with Gasteiger partial charge in [0, 0.05) is 0 Å². The molecule has 24 heavy (non-hydrogen) atoms. The fourth-order valence-corrected chi connectivity index (χ4v) is 2.46. The molecule has 2 N–H and O–H groups in total. The van der Waals surface area contributed by atoms with Crippen molar-refractivity contribution in [2.24, 2.45) is 0 Å². The number of phenols is 1. The topological polar surface area (TPSA) is 99.1 Å². The van der Waals surface area contributed by atoms with Gasteiger partial charge in [-0.05, 0) is 35.9 Å². The zero-order valence-electron chi connectivity index (χ0n) is 12.5. The van der Waals surface area contributed by atoms with Gasteiger partial charge in [0.2, 0.25) is 0 Å². The van der Waals surface area contributed by atoms with E-state index in [1.807, 2.05) is 24.3 Å². The Bertz CT molecular complexity index is 996. The number of hydrogen-bond acceptors (Lipinski definition) is 4. The van der Waals surface area contributed by atoms with Gasteiger partial charge in [-0.3, -0.25) is 0 Å². The summed E-state index contributed by atoms with van der Waals surface area (Å²) in [6.45, 7) is 0.163. The van der Waals surface area contributed by atoms with E-state index in [2.05, 4.69) is 11.1 Å². The Balaban J connectivity index is 2.02. The van der Waals surface area contributed by atoms with Gasteiger partial charge in [-0.15, -0.1) is 0 Å². The molecule has 0 radical (unpaired) electrons. The minimum atomic E-state index is -1.19. The van der Waals surface area contributed by atoms with Crippen LogP contribution in [-0.2, 0) is 6.54 Å². The molecular formula is C18H13N3O3. The molecule has 1 heterocycles. The molecule has 0 aliphatic carbocycles. The average Bonchev–Trinajstić information content (AvgIpc) is 2.92. The first kappa shape index (κ1) is 15.3. The lowest BCUT2D eigenvalue weighted by Crippen LogP contribution is -1.98. The molecule has 0 fully saturated rings. The number of carbonyl (C=O) groups is 1. The van der Waals surface area contributed by atoms with Gasteiger partial charge >= 0.3 is 5.97 Å². The highest BCUT2D eigenvalue weighted by molar-refractivity contribution is 5.92. The highest BCUT2D eigenvalue weighted by Gasteiger charge is 2.10. The van der Waals surface area contributed by atoms with Crippen molar-refractivity contribution in [2.75, 3.05) is 0 Å². The number of imidazole rings is 1. The molecule has 0 amide bonds. The van der Waals surface area contributed by atoms with Crippen molar-refractivity contribution in [2.45, 2.75) is 6.54 Å². The molecule has 3 rings (SSSR count). The summed E-state index contributed by atoms with van der Waals surface area (Å²) in [4.78, 5) is 15.5. The second kappa shape index (κ2) is 6.26. The molecular weight excluding hydrogens is 306 g/mol. The highest BCUT2D eigenvalue weighted by Crippen LogP contribution is 2.21. The van der Waals surface area contributed by atoms with E-state index in [9.17, 15) is 9.90 Å². The summed E-state index contributed by atoms with van der Waals surface area (Å²) in [6, 6.07) is 13.9. The van der Waals surface area contributed by atoms with Crippen molar-refractivity contribution in [3.8, 4) is 11.8 Å². The quantitative estimate of drug-likeness (QED) is 0.769. The lowest BCUT2D eigenvalue weighted by Gasteiger charge is -2.02. The summed E-state index contributed by atoms with van der Waals surface area (Å²) in [6.07, 6.45) is 3.41. The van der Waals surface area contributed by atoms with Crippen LogP contribution in [0.2, 0.25) is 0 Å². The molecule has 0 saturated carbocycles. The van der Waals surface area contributed by atoms with Crippen molar-refractivity contribution in [1.29, 1.82) is 5.26 Å². The number of rotatable bonds is 4. The van der Waals surface area contributed by atoms with Crippen LogP contribution >= 0.6 is 0 Å². The van der Waals surface area contributed by atoms with Gasteiger partial charge in [-0.2, -0.15) is 5.26 Å². The van der Waals surface area contributed by atoms with Crippen molar-refractivity contribution in [1.82, 2.24) is 9.55 Å². The standard InChI is InChI=1S/C18H13N3O3/c19-9-10-21-15-4-2-1-3-14(15)20-17(21)8-6-12-5-7-16(22)13(11-12)18(23)24/h1-8,11,22H,10H2,(H,23,24)/b8-6+. The molecule has 2 aromatic carbocycles. The summed E-state index contributed by atoms with van der Waals surface area (Å²) < 4.78 is 1.78. The number of carboxylic acids is 1. The number of aromatic carboxylic acids is 1. The molecule has 1 aromatic heterocycles. The van der Waals surface area contributed by atoms with Crippen molar-refractivity contribution < 1.29 is 15.0 Å². The first-order valence-electron chi connectivity index (χ1n) is 7.17. The van der Waals surface area contributed by atoms with Crippen molar-refractivity contribution >= 4 is 29.2 Å². The molecule has 0 spiro atoms. The van der Waals surface area contributed by atoms with E-state index in [-0.39, 0.29) is 17.9 Å². The Kier molecular flexibility index (Phi) is 4.00. The van der Waals surface area contributed by atoms with Crippen LogP contribution in [0.15, 0.2) is 42.5 Å². The Morgan fingerprint density at radius 3 is 2.79 bits per heavy atom. The average molecular weight is 319 g/mol. The second-order valence-electron chi connectivity index (χ2n) is 5.12. The summed E-state index contributed by atoms with van der Waals surface area (Å²) in [5.41, 5.74) is 2.09. The van der Waals surface area contributed by atoms with E-state index < -0.39 is 5.97 Å². The van der Waals surface area contributed by atoms with Gasteiger partial charge < -0.3 is 14.8 Å². The van der Waals surface area contributed by atoms with E-state index >= 15 is 0 Å². The predicted octanol–water partition coefficient (Wildman–Crippen LogP) is 3.13. The van der Waals surface area contributed by atoms with Gasteiger partial charge in [-0.25, -0.2) is 9.78 Å². The monoisotopic (exact) mass is 319 g/mol. The molecule has 0 bridgehead atoms. The number of nitrogens with zero attached hydrogens (tertiary/aromatic N) is 3. The fraction of sp³-hybridized carbons (Fsp3) is 0.0556. The maximum atomic E-state index is 11.1. The van der Waals surface area contributed by atoms with Crippen molar-refractivity contribution in [3.63, 3.8) is 0 Å². The Hall–Kier alpha value is -3.59. The van der Waals surface area contributed by atoms with Crippen LogP contribution in [0.1, 0.15) is 21.7 Å². The van der Waals surface area contributed by atoms with Gasteiger partial charge in [0.15, 0.2) is 0 Å². The molecule has 0 aliphatic rings. The number of nitriles is 1. The van der Waals surface area contributed by atoms with Crippen LogP contribution in [0.3, 0.4) is 0 Å². The van der Waals surface area contributed by atoms with Gasteiger partial charge in [0.25, 0.3) is 0 Å². The van der Waals surface area contributed by atoms with E-state index in [1.54, 1.807) is 22.8 Å². The molecule has 3 aromatic rings. The number of carboxylic acid groups (broad SMARTS) is 1. The number of benzene rings is 2. The minimum Gasteiger partial charge on any atom is -0.507 e. The number of hydrogen-bond donors (Lipinski definition) is 2. The van der Waals surface area contributed by atoms with Crippen LogP contribution < -0.4 is 0 Å². The lowest BCUT2D eigenvalue weighted by molar-refractivity contribution is 0.0693. The zero-order valence-corrected chi connectivity index (χ0v) is 12.5. The SMILES string of the molecule is N#CCn1c(/C=C/c2ccc(O)c(C(=O)O)c2)nc2ccccc21. The maximum Gasteiger partial charge on any atom is 0.339 e. The summed E-state index contributed by atoms with van der Waals surface area (Å²) in [7, 11) is 0. The lowest BCUT2D eigenvalue weighted by atomic mass is 10.1. The largest absolute Gasteiger partial charge is 0.507 e. The number of para-hydroxylation sites is 2. The van der Waals surface area contributed by atoms with Crippen LogP contribution in [0.25, 0.3) is 23.2 Å². The maximum absolute atomic E-state index is 11.1. The van der Waals surface area contributed by atoms with Gasteiger partial charge in [0.05, 0.1) is 17.1 Å². The minimum absolute atomic E-state index is 0.163. The third-order valence-corrected chi connectivity index (χ3v) is 3.59. The Labute approximate surface area is 137 Å². The van der Waals surface area contributed by atoms with E-state index in [4.69, 9.17) is 10.4 Å². The summed E-state index contributed by atoms with van der Waals surface area (Å²) >= 11 is 0. The smallest absolute Gasteiger partial charge is 0.339 e. The first-order valence-corrected chi connectivity index (χ1v) is 7.17. The highest BCUT2D eigenvalue weighted by atomic mass is 16.4. The molecule has 118 valence electrons. The Morgan fingerprint density at radius 1 is 1.25 bits per heavy atom. The third kappa shape index (κ3) is 2.83. The van der Waals surface area contributed by atoms with Crippen LogP contribution in [0.4, 0.5) is 0 Å². The summed E-state index contributed by atoms with van der Waals surface area (Å²) in [5, 5.41) is 27.6. The normalized spacial score (nSPS) is 11.0. The fourth-order valence-electron chi connectivity index (χ4n) is 2.46. The predicted molar refractivity (Wildman–Crippen MR) is 89.3 cm³/mol. The second-order valence-corrected chi connectivity index (χ2v) is 5.12. The number of aromatic hydroxyl groups is 1. The number of aromatic nitrogens is 2. The van der Waals surface area contributed by atoms with Gasteiger partial charge in [0.1, 0.15) is 23.7 Å². The van der Waals surface area contributed by atoms with Crippen LogP contribution in [0.5, 0.6) is 5.75 Å². The molecule has 0 atom stereocenters. The van der Waals surface area contributed by atoms with Crippen LogP contribution in [0, 0.1) is 11.3 Å². The van der Waals surface area contributed by atoms with E-state index in [1.165, 1.54) is 12.1 Å². The summed E-state index contributed by atoms with van der Waals surface area (Å²) in [5.74, 6) is -0.876. The molecule has 0 unspecified atom stereocenters. The zero-order chi connectivity index (χ0) is 17.1. The molecule has 0 aliphatic heterocycles. The van der Waals surface area contributed by atoms with E-state index in [0.29, 0.717) is 11.4 Å². The molecule has 6 heteroatoms. The van der Waals surface area contributed by atoms with Gasteiger partial charge in [-0.1, -0.05) is 24.3 Å². The molecule has 0 saturated heterocycles. The number of fused-ring (bicyclic) bond motifs is 1. The first-order chi connectivity index (χ1) is 11.6. The third-order valence-electron chi connectivity index (χ3n) is 3.59. The Morgan fingerprint density at radius 2 is 2.04 bits per heavy atom. The van der Waals surface area contributed by atoms with Crippen molar-refractivity contribution in [3.05, 3.63) is 59.4 Å². The van der Waals surface area contributed by atoms with E-state index in [0.717, 1.165) is 11.0 Å².